The second-order valence-electron chi connectivity index (χ2n) is 9.26. The fourth-order valence-corrected chi connectivity index (χ4v) is 4.69. The van der Waals surface area contributed by atoms with E-state index in [2.05, 4.69) is 42.3 Å². The highest BCUT2D eigenvalue weighted by Gasteiger charge is 2.17. The number of rotatable bonds is 10. The molecule has 0 aliphatic rings. The molecule has 8 nitrogen and oxygen atoms in total. The Morgan fingerprint density at radius 3 is 2.50 bits per heavy atom. The highest BCUT2D eigenvalue weighted by atomic mass is 79.9. The van der Waals surface area contributed by atoms with Gasteiger partial charge in [0.25, 0.3) is 11.5 Å². The topological polar surface area (TPSA) is 94.8 Å². The van der Waals surface area contributed by atoms with E-state index in [4.69, 9.17) is 14.5 Å². The molecule has 1 aromatic heterocycles. The Morgan fingerprint density at radius 2 is 1.80 bits per heavy atom. The number of carbonyl (C=O) groups is 1. The van der Waals surface area contributed by atoms with Crippen LogP contribution < -0.4 is 20.3 Å². The summed E-state index contributed by atoms with van der Waals surface area (Å²) in [6.45, 7) is 8.10. The molecule has 0 spiro atoms. The zero-order valence-corrected chi connectivity index (χ0v) is 25.9. The van der Waals surface area contributed by atoms with Crippen molar-refractivity contribution >= 4 is 60.6 Å². The van der Waals surface area contributed by atoms with Crippen molar-refractivity contribution in [3.63, 3.8) is 0 Å². The van der Waals surface area contributed by atoms with Crippen LogP contribution in [0, 0.1) is 6.92 Å². The Hall–Kier alpha value is -3.50. The predicted molar refractivity (Wildman–Crippen MR) is 166 cm³/mol. The first kappa shape index (κ1) is 29.5. The van der Waals surface area contributed by atoms with Crippen molar-refractivity contribution in [2.45, 2.75) is 40.0 Å². The lowest BCUT2D eigenvalue weighted by molar-refractivity contribution is -0.118. The molecule has 0 saturated heterocycles. The first-order chi connectivity index (χ1) is 19.2. The molecular formula is C30H30Br2N4O4. The van der Waals surface area contributed by atoms with Crippen LogP contribution >= 0.6 is 31.9 Å². The number of carbonyl (C=O) groups excluding carboxylic acids is 1. The van der Waals surface area contributed by atoms with Gasteiger partial charge in [-0.15, -0.1) is 0 Å². The number of hydrogen-bond acceptors (Lipinski definition) is 6. The van der Waals surface area contributed by atoms with Crippen molar-refractivity contribution in [2.75, 3.05) is 18.5 Å². The van der Waals surface area contributed by atoms with E-state index in [0.29, 0.717) is 50.6 Å². The lowest BCUT2D eigenvalue weighted by atomic mass is 10.1. The molecule has 3 aromatic carbocycles. The molecule has 4 rings (SSSR count). The number of benzene rings is 3. The average molecular weight is 670 g/mol. The van der Waals surface area contributed by atoms with Crippen LogP contribution in [0.1, 0.15) is 50.1 Å². The van der Waals surface area contributed by atoms with Crippen LogP contribution in [0.5, 0.6) is 11.5 Å². The number of halogens is 2. The summed E-state index contributed by atoms with van der Waals surface area (Å²) >= 11 is 7.00. The molecule has 0 saturated carbocycles. The fourth-order valence-electron chi connectivity index (χ4n) is 3.91. The number of ether oxygens (including phenoxy) is 2. The van der Waals surface area contributed by atoms with Crippen molar-refractivity contribution in [2.24, 2.45) is 5.10 Å². The number of nitrogens with one attached hydrogen (secondary N) is 1. The molecule has 0 aliphatic carbocycles. The molecule has 4 aromatic rings. The van der Waals surface area contributed by atoms with E-state index in [1.807, 2.05) is 64.1 Å². The summed E-state index contributed by atoms with van der Waals surface area (Å²) in [4.78, 5) is 30.7. The van der Waals surface area contributed by atoms with Crippen LogP contribution in [0.25, 0.3) is 10.9 Å². The minimum Gasteiger partial charge on any atom is -0.490 e. The summed E-state index contributed by atoms with van der Waals surface area (Å²) in [6, 6.07) is 16.4. The van der Waals surface area contributed by atoms with Gasteiger partial charge in [-0.3, -0.25) is 9.59 Å². The first-order valence-electron chi connectivity index (χ1n) is 12.9. The van der Waals surface area contributed by atoms with Crippen molar-refractivity contribution in [1.82, 2.24) is 9.66 Å². The third kappa shape index (κ3) is 6.98. The number of aromatic nitrogens is 2. The maximum Gasteiger partial charge on any atom is 0.282 e. The molecule has 1 N–H and O–H groups in total. The molecule has 208 valence electrons. The maximum atomic E-state index is 13.4. The van der Waals surface area contributed by atoms with Gasteiger partial charge in [-0.25, -0.2) is 4.98 Å². The minimum absolute atomic E-state index is 0.0159. The highest BCUT2D eigenvalue weighted by Crippen LogP contribution is 2.33. The monoisotopic (exact) mass is 668 g/mol. The third-order valence-electron chi connectivity index (χ3n) is 6.26. The predicted octanol–water partition coefficient (Wildman–Crippen LogP) is 7.04. The van der Waals surface area contributed by atoms with Crippen LogP contribution in [0.15, 0.2) is 73.4 Å². The molecule has 0 fully saturated rings. The lowest BCUT2D eigenvalue weighted by Gasteiger charge is -2.15. The number of anilines is 1. The summed E-state index contributed by atoms with van der Waals surface area (Å²) in [5.41, 5.74) is 2.84. The summed E-state index contributed by atoms with van der Waals surface area (Å²) in [6.07, 6.45) is 2.38. The van der Waals surface area contributed by atoms with Gasteiger partial charge in [-0.05, 0) is 78.7 Å². The van der Waals surface area contributed by atoms with E-state index >= 15 is 0 Å². The molecule has 10 heteroatoms. The van der Waals surface area contributed by atoms with Crippen LogP contribution in [0.2, 0.25) is 0 Å². The second kappa shape index (κ2) is 13.2. The van der Waals surface area contributed by atoms with Gasteiger partial charge < -0.3 is 14.8 Å². The number of amides is 1. The van der Waals surface area contributed by atoms with Gasteiger partial charge in [-0.1, -0.05) is 47.5 Å². The smallest absolute Gasteiger partial charge is 0.282 e. The van der Waals surface area contributed by atoms with Gasteiger partial charge in [0.05, 0.1) is 23.7 Å². The molecule has 1 heterocycles. The van der Waals surface area contributed by atoms with Crippen molar-refractivity contribution < 1.29 is 14.3 Å². The summed E-state index contributed by atoms with van der Waals surface area (Å²) in [5.74, 6) is 1.16. The van der Waals surface area contributed by atoms with Crippen LogP contribution in [-0.4, -0.2) is 35.0 Å². The molecule has 0 unspecified atom stereocenters. The SMILES string of the molecule is CCOc1cc(C=Nn2c([C@@H](C)CC)nc3ccc(Br)cc3c2=O)c(Br)cc1OCC(=O)Nc1ccc(C)cc1. The Bertz CT molecular complexity index is 1620. The molecule has 1 atom stereocenters. The largest absolute Gasteiger partial charge is 0.490 e. The third-order valence-corrected chi connectivity index (χ3v) is 7.44. The number of fused-ring (bicyclic) bond motifs is 1. The van der Waals surface area contributed by atoms with E-state index in [1.165, 1.54) is 4.68 Å². The quantitative estimate of drug-likeness (QED) is 0.183. The summed E-state index contributed by atoms with van der Waals surface area (Å²) in [7, 11) is 0. The zero-order valence-electron chi connectivity index (χ0n) is 22.7. The van der Waals surface area contributed by atoms with Crippen molar-refractivity contribution in [3.8, 4) is 11.5 Å². The summed E-state index contributed by atoms with van der Waals surface area (Å²) < 4.78 is 14.4. The number of aryl methyl sites for hydroxylation is 1. The molecule has 0 aliphatic heterocycles. The molecule has 1 amide bonds. The number of hydrogen-bond donors (Lipinski definition) is 1. The Balaban J connectivity index is 1.62. The van der Waals surface area contributed by atoms with E-state index in [9.17, 15) is 9.59 Å². The van der Waals surface area contributed by atoms with E-state index in [1.54, 1.807) is 24.4 Å². The summed E-state index contributed by atoms with van der Waals surface area (Å²) in [5, 5.41) is 7.84. The molecular weight excluding hydrogens is 640 g/mol. The second-order valence-corrected chi connectivity index (χ2v) is 11.0. The van der Waals surface area contributed by atoms with Gasteiger partial charge in [0, 0.05) is 26.1 Å². The van der Waals surface area contributed by atoms with E-state index in [-0.39, 0.29) is 24.0 Å². The van der Waals surface area contributed by atoms with E-state index in [0.717, 1.165) is 16.5 Å². The lowest BCUT2D eigenvalue weighted by Crippen LogP contribution is -2.23. The number of nitrogens with zero attached hydrogens (tertiary/aromatic N) is 3. The highest BCUT2D eigenvalue weighted by molar-refractivity contribution is 9.10. The Kier molecular flexibility index (Phi) is 9.76. The standard InChI is InChI=1S/C30H30Br2N4O4/c1-5-19(4)29-35-25-12-9-21(31)14-23(25)30(38)36(29)33-16-20-13-26(39-6-2)27(15-24(20)32)40-17-28(37)34-22-10-7-18(3)8-11-22/h7-16,19H,5-6,17H2,1-4H3,(H,34,37)/t19-/m0/s1. The maximum absolute atomic E-state index is 13.4. The van der Waals surface area contributed by atoms with Crippen LogP contribution in [-0.2, 0) is 4.79 Å². The van der Waals surface area contributed by atoms with E-state index < -0.39 is 0 Å². The van der Waals surface area contributed by atoms with Crippen LogP contribution in [0.3, 0.4) is 0 Å². The zero-order chi connectivity index (χ0) is 28.8. The first-order valence-corrected chi connectivity index (χ1v) is 14.5. The molecule has 0 bridgehead atoms. The van der Waals surface area contributed by atoms with Gasteiger partial charge in [0.1, 0.15) is 5.82 Å². The van der Waals surface area contributed by atoms with Crippen LogP contribution in [0.4, 0.5) is 5.69 Å². The van der Waals surface area contributed by atoms with Crippen molar-refractivity contribution in [1.29, 1.82) is 0 Å². The fraction of sp³-hybridized carbons (Fsp3) is 0.267. The van der Waals surface area contributed by atoms with Gasteiger partial charge >= 0.3 is 0 Å². The molecule has 40 heavy (non-hydrogen) atoms. The van der Waals surface area contributed by atoms with Gasteiger partial charge in [0.2, 0.25) is 0 Å². The normalized spacial score (nSPS) is 12.1. The average Bonchev–Trinajstić information content (AvgIpc) is 2.94. The van der Waals surface area contributed by atoms with Crippen molar-refractivity contribution in [3.05, 3.63) is 90.8 Å². The van der Waals surface area contributed by atoms with Gasteiger partial charge in [-0.2, -0.15) is 9.78 Å². The van der Waals surface area contributed by atoms with Gasteiger partial charge in [0.15, 0.2) is 18.1 Å². The molecule has 0 radical (unpaired) electrons. The Morgan fingerprint density at radius 1 is 1.07 bits per heavy atom. The minimum atomic E-state index is -0.291. The Labute approximate surface area is 249 Å².